The molecule has 0 spiro atoms. The molecule has 78 valence electrons. The van der Waals surface area contributed by atoms with Crippen LogP contribution in [0.3, 0.4) is 0 Å². The number of tetrazole rings is 1. The van der Waals surface area contributed by atoms with Crippen molar-refractivity contribution in [2.45, 2.75) is 6.54 Å². The van der Waals surface area contributed by atoms with Gasteiger partial charge in [0.1, 0.15) is 6.54 Å². The number of hydrogen-bond donors (Lipinski definition) is 0. The van der Waals surface area contributed by atoms with Gasteiger partial charge in [0, 0.05) is 10.9 Å². The first kappa shape index (κ1) is 8.90. The highest BCUT2D eigenvalue weighted by Crippen LogP contribution is 2.19. The van der Waals surface area contributed by atoms with Crippen LogP contribution in [0, 0.1) is 4.91 Å². The van der Waals surface area contributed by atoms with E-state index in [1.807, 2.05) is 30.3 Å². The van der Waals surface area contributed by atoms with Crippen LogP contribution in [0.4, 0.5) is 0 Å². The Balaban J connectivity index is 2.47. The quantitative estimate of drug-likeness (QED) is 0.605. The molecule has 1 aromatic carbocycles. The topological polar surface area (TPSA) is 72.5 Å². The molecule has 6 nitrogen and oxygen atoms in total. The second-order valence-electron chi connectivity index (χ2n) is 3.43. The Bertz CT molecular complexity index is 675. The maximum absolute atomic E-state index is 10.3. The van der Waals surface area contributed by atoms with Crippen molar-refractivity contribution in [3.05, 3.63) is 40.8 Å². The van der Waals surface area contributed by atoms with E-state index in [1.165, 1.54) is 0 Å². The molecule has 2 heterocycles. The normalized spacial score (nSPS) is 11.0. The van der Waals surface area contributed by atoms with Crippen LogP contribution in [-0.2, 0) is 6.54 Å². The second kappa shape index (κ2) is 3.34. The zero-order valence-corrected chi connectivity index (χ0v) is 8.24. The van der Waals surface area contributed by atoms with Crippen LogP contribution in [0.5, 0.6) is 0 Å². The van der Waals surface area contributed by atoms with E-state index in [0.717, 1.165) is 16.5 Å². The summed E-state index contributed by atoms with van der Waals surface area (Å²) in [6, 6.07) is 9.61. The van der Waals surface area contributed by atoms with E-state index < -0.39 is 0 Å². The van der Waals surface area contributed by atoms with Crippen LogP contribution in [-0.4, -0.2) is 20.0 Å². The smallest absolute Gasteiger partial charge is 0.185 e. The first-order valence-corrected chi connectivity index (χ1v) is 4.78. The lowest BCUT2D eigenvalue weighted by Gasteiger charge is -2.02. The Morgan fingerprint density at radius 2 is 2.19 bits per heavy atom. The molecule has 0 amide bonds. The number of benzene rings is 1. The summed E-state index contributed by atoms with van der Waals surface area (Å²) in [4.78, 5) is 10.3. The molecule has 0 fully saturated rings. The molecule has 3 rings (SSSR count). The van der Waals surface area contributed by atoms with E-state index in [1.54, 1.807) is 4.52 Å². The number of fused-ring (bicyclic) bond motifs is 3. The number of rotatable bonds is 2. The van der Waals surface area contributed by atoms with Gasteiger partial charge in [-0.15, -0.1) is 5.10 Å². The van der Waals surface area contributed by atoms with Crippen molar-refractivity contribution in [2.75, 3.05) is 0 Å². The van der Waals surface area contributed by atoms with Gasteiger partial charge in [0.15, 0.2) is 5.65 Å². The second-order valence-corrected chi connectivity index (χ2v) is 3.43. The molecule has 0 aliphatic rings. The lowest BCUT2D eigenvalue weighted by Crippen LogP contribution is -1.95. The molecule has 0 aliphatic heterocycles. The minimum atomic E-state index is 0.0781. The van der Waals surface area contributed by atoms with E-state index >= 15 is 0 Å². The SMILES string of the molecule is O=NCc1cc2ccccc2n2nnnc12. The summed E-state index contributed by atoms with van der Waals surface area (Å²) in [5.74, 6) is 0. The van der Waals surface area contributed by atoms with Crippen molar-refractivity contribution < 1.29 is 0 Å². The minimum absolute atomic E-state index is 0.0781. The molecule has 0 atom stereocenters. The van der Waals surface area contributed by atoms with E-state index in [0.29, 0.717) is 5.65 Å². The van der Waals surface area contributed by atoms with E-state index in [4.69, 9.17) is 0 Å². The number of hydrogen-bond acceptors (Lipinski definition) is 5. The van der Waals surface area contributed by atoms with Gasteiger partial charge in [-0.05, 0) is 22.6 Å². The largest absolute Gasteiger partial charge is 0.192 e. The summed E-state index contributed by atoms with van der Waals surface area (Å²) < 4.78 is 1.62. The standard InChI is InChI=1S/C10H7N5O/c16-11-6-8-5-7-3-1-2-4-9(7)15-10(8)12-13-14-15/h1-5H,6H2. The highest BCUT2D eigenvalue weighted by Gasteiger charge is 2.08. The van der Waals surface area contributed by atoms with Crippen molar-refractivity contribution in [1.82, 2.24) is 20.0 Å². The molecule has 0 radical (unpaired) electrons. The Kier molecular flexibility index (Phi) is 1.86. The Labute approximate surface area is 89.9 Å². The monoisotopic (exact) mass is 213 g/mol. The predicted molar refractivity (Wildman–Crippen MR) is 57.8 cm³/mol. The van der Waals surface area contributed by atoms with Crippen molar-refractivity contribution in [3.63, 3.8) is 0 Å². The van der Waals surface area contributed by atoms with Gasteiger partial charge in [-0.25, -0.2) is 0 Å². The van der Waals surface area contributed by atoms with Gasteiger partial charge in [-0.2, -0.15) is 9.42 Å². The lowest BCUT2D eigenvalue weighted by molar-refractivity contribution is 0.841. The highest BCUT2D eigenvalue weighted by molar-refractivity contribution is 5.82. The fourth-order valence-electron chi connectivity index (χ4n) is 1.79. The first-order chi connectivity index (χ1) is 7.90. The molecule has 2 aromatic heterocycles. The number of nitroso groups, excluding NO2 is 1. The fraction of sp³-hybridized carbons (Fsp3) is 0.100. The summed E-state index contributed by atoms with van der Waals surface area (Å²) >= 11 is 0. The molecule has 6 heteroatoms. The predicted octanol–water partition coefficient (Wildman–Crippen LogP) is 1.54. The maximum atomic E-state index is 10.3. The Morgan fingerprint density at radius 3 is 3.06 bits per heavy atom. The van der Waals surface area contributed by atoms with Crippen LogP contribution in [0.25, 0.3) is 16.6 Å². The van der Waals surface area contributed by atoms with Gasteiger partial charge in [-0.1, -0.05) is 23.4 Å². The minimum Gasteiger partial charge on any atom is -0.192 e. The molecule has 0 N–H and O–H groups in total. The van der Waals surface area contributed by atoms with Gasteiger partial charge >= 0.3 is 0 Å². The zero-order valence-electron chi connectivity index (χ0n) is 8.24. The summed E-state index contributed by atoms with van der Waals surface area (Å²) in [6.45, 7) is 0.0781. The average molecular weight is 213 g/mol. The molecule has 0 aliphatic carbocycles. The van der Waals surface area contributed by atoms with Gasteiger partial charge in [0.05, 0.1) is 5.52 Å². The van der Waals surface area contributed by atoms with E-state index in [-0.39, 0.29) is 6.54 Å². The van der Waals surface area contributed by atoms with Crippen LogP contribution in [0.1, 0.15) is 5.56 Å². The summed E-state index contributed by atoms with van der Waals surface area (Å²) in [5, 5.41) is 15.3. The third kappa shape index (κ3) is 1.16. The van der Waals surface area contributed by atoms with Crippen LogP contribution < -0.4 is 0 Å². The lowest BCUT2D eigenvalue weighted by atomic mass is 10.1. The van der Waals surface area contributed by atoms with Crippen molar-refractivity contribution in [1.29, 1.82) is 0 Å². The molecule has 0 saturated heterocycles. The number of aromatic nitrogens is 4. The van der Waals surface area contributed by atoms with Crippen LogP contribution in [0.2, 0.25) is 0 Å². The summed E-state index contributed by atoms with van der Waals surface area (Å²) in [7, 11) is 0. The fourth-order valence-corrected chi connectivity index (χ4v) is 1.79. The average Bonchev–Trinajstić information content (AvgIpc) is 2.79. The van der Waals surface area contributed by atoms with E-state index in [2.05, 4.69) is 20.7 Å². The van der Waals surface area contributed by atoms with Crippen molar-refractivity contribution in [2.24, 2.45) is 5.18 Å². The molecule has 16 heavy (non-hydrogen) atoms. The number of para-hydroxylation sites is 1. The molecule has 0 bridgehead atoms. The third-order valence-corrected chi connectivity index (χ3v) is 2.49. The van der Waals surface area contributed by atoms with Gasteiger partial charge in [0.2, 0.25) is 0 Å². The molecular weight excluding hydrogens is 206 g/mol. The Hall–Kier alpha value is -2.37. The summed E-state index contributed by atoms with van der Waals surface area (Å²) in [6.07, 6.45) is 0. The Morgan fingerprint density at radius 1 is 1.31 bits per heavy atom. The van der Waals surface area contributed by atoms with Gasteiger partial charge in [0.25, 0.3) is 0 Å². The molecule has 3 aromatic rings. The number of pyridine rings is 1. The maximum Gasteiger partial charge on any atom is 0.185 e. The van der Waals surface area contributed by atoms with Gasteiger partial charge < -0.3 is 0 Å². The first-order valence-electron chi connectivity index (χ1n) is 4.78. The van der Waals surface area contributed by atoms with Crippen molar-refractivity contribution in [3.8, 4) is 0 Å². The van der Waals surface area contributed by atoms with Crippen LogP contribution >= 0.6 is 0 Å². The third-order valence-electron chi connectivity index (χ3n) is 2.49. The molecular formula is C10H7N5O. The summed E-state index contributed by atoms with van der Waals surface area (Å²) in [5.41, 5.74) is 2.23. The molecule has 0 unspecified atom stereocenters. The van der Waals surface area contributed by atoms with Crippen molar-refractivity contribution >= 4 is 16.6 Å². The zero-order chi connectivity index (χ0) is 11.0. The number of nitrogens with zero attached hydrogens (tertiary/aromatic N) is 5. The van der Waals surface area contributed by atoms with Gasteiger partial charge in [-0.3, -0.25) is 0 Å². The van der Waals surface area contributed by atoms with E-state index in [9.17, 15) is 4.91 Å². The van der Waals surface area contributed by atoms with Crippen LogP contribution in [0.15, 0.2) is 35.5 Å². The molecule has 0 saturated carbocycles. The highest BCUT2D eigenvalue weighted by atomic mass is 16.3.